The molecule has 0 radical (unpaired) electrons. The molecular formula is C13H18BrN3O2. The van der Waals surface area contributed by atoms with Crippen LogP contribution in [0.3, 0.4) is 0 Å². The average molecular weight is 328 g/mol. The van der Waals surface area contributed by atoms with Crippen molar-refractivity contribution in [1.82, 2.24) is 5.32 Å². The van der Waals surface area contributed by atoms with Crippen LogP contribution in [0.15, 0.2) is 22.7 Å². The Kier molecular flexibility index (Phi) is 4.10. The number of nitrogens with one attached hydrogen (secondary N) is 1. The molecule has 1 fully saturated rings. The minimum absolute atomic E-state index is 0.140. The molecule has 1 aliphatic heterocycles. The van der Waals surface area contributed by atoms with Crippen molar-refractivity contribution < 1.29 is 4.92 Å². The molecule has 104 valence electrons. The lowest BCUT2D eigenvalue weighted by Crippen LogP contribution is -2.50. The summed E-state index contributed by atoms with van der Waals surface area (Å²) in [5.41, 5.74) is 1.02. The zero-order chi connectivity index (χ0) is 14.0. The summed E-state index contributed by atoms with van der Waals surface area (Å²) in [7, 11) is 1.97. The van der Waals surface area contributed by atoms with Crippen molar-refractivity contribution in [3.05, 3.63) is 32.8 Å². The predicted molar refractivity (Wildman–Crippen MR) is 79.7 cm³/mol. The Hall–Kier alpha value is -1.14. The molecule has 1 aromatic rings. The highest BCUT2D eigenvalue weighted by Crippen LogP contribution is 2.34. The van der Waals surface area contributed by atoms with E-state index in [1.54, 1.807) is 6.07 Å². The predicted octanol–water partition coefficient (Wildman–Crippen LogP) is 2.94. The van der Waals surface area contributed by atoms with Crippen LogP contribution in [0.2, 0.25) is 0 Å². The van der Waals surface area contributed by atoms with Gasteiger partial charge in [0.25, 0.3) is 5.69 Å². The van der Waals surface area contributed by atoms with Crippen LogP contribution in [0, 0.1) is 10.1 Å². The minimum atomic E-state index is -0.314. The van der Waals surface area contributed by atoms with E-state index in [9.17, 15) is 10.1 Å². The molecule has 0 aliphatic carbocycles. The summed E-state index contributed by atoms with van der Waals surface area (Å²) in [5.74, 6) is 0. The molecule has 19 heavy (non-hydrogen) atoms. The van der Waals surface area contributed by atoms with Gasteiger partial charge in [0.15, 0.2) is 0 Å². The fourth-order valence-corrected chi connectivity index (χ4v) is 2.75. The van der Waals surface area contributed by atoms with Crippen molar-refractivity contribution in [3.63, 3.8) is 0 Å². The van der Waals surface area contributed by atoms with Crippen LogP contribution in [0.1, 0.15) is 19.8 Å². The van der Waals surface area contributed by atoms with Gasteiger partial charge in [0, 0.05) is 29.2 Å². The first kappa shape index (κ1) is 14.3. The molecule has 2 rings (SSSR count). The minimum Gasteiger partial charge on any atom is -0.366 e. The average Bonchev–Trinajstić information content (AvgIpc) is 2.40. The first-order valence-corrected chi connectivity index (χ1v) is 7.12. The summed E-state index contributed by atoms with van der Waals surface area (Å²) >= 11 is 3.28. The fourth-order valence-electron chi connectivity index (χ4n) is 2.40. The monoisotopic (exact) mass is 327 g/mol. The second-order valence-electron chi connectivity index (χ2n) is 5.19. The van der Waals surface area contributed by atoms with E-state index in [1.165, 1.54) is 0 Å². The third-order valence-electron chi connectivity index (χ3n) is 3.95. The van der Waals surface area contributed by atoms with Gasteiger partial charge in [-0.2, -0.15) is 0 Å². The van der Waals surface area contributed by atoms with Gasteiger partial charge in [0.05, 0.1) is 4.92 Å². The van der Waals surface area contributed by atoms with Gasteiger partial charge in [-0.1, -0.05) is 15.9 Å². The molecule has 1 heterocycles. The van der Waals surface area contributed by atoms with Crippen molar-refractivity contribution in [2.24, 2.45) is 0 Å². The van der Waals surface area contributed by atoms with Crippen LogP contribution in [-0.2, 0) is 0 Å². The fraction of sp³-hybridized carbons (Fsp3) is 0.538. The van der Waals surface area contributed by atoms with Gasteiger partial charge < -0.3 is 10.2 Å². The lowest BCUT2D eigenvalue weighted by Gasteiger charge is -2.40. The van der Waals surface area contributed by atoms with E-state index in [0.29, 0.717) is 5.69 Å². The smallest absolute Gasteiger partial charge is 0.293 e. The van der Waals surface area contributed by atoms with E-state index >= 15 is 0 Å². The summed E-state index contributed by atoms with van der Waals surface area (Å²) in [4.78, 5) is 12.9. The molecule has 0 amide bonds. The Bertz CT molecular complexity index is 485. The molecule has 5 nitrogen and oxygen atoms in total. The molecule has 1 saturated heterocycles. The lowest BCUT2D eigenvalue weighted by molar-refractivity contribution is -0.384. The van der Waals surface area contributed by atoms with Crippen LogP contribution >= 0.6 is 15.9 Å². The molecule has 0 bridgehead atoms. The maximum Gasteiger partial charge on any atom is 0.293 e. The largest absolute Gasteiger partial charge is 0.366 e. The van der Waals surface area contributed by atoms with Crippen molar-refractivity contribution in [2.75, 3.05) is 25.0 Å². The second kappa shape index (κ2) is 5.46. The van der Waals surface area contributed by atoms with E-state index in [0.717, 1.165) is 30.4 Å². The van der Waals surface area contributed by atoms with E-state index in [2.05, 4.69) is 33.1 Å². The van der Waals surface area contributed by atoms with Gasteiger partial charge in [-0.25, -0.2) is 0 Å². The highest BCUT2D eigenvalue weighted by molar-refractivity contribution is 9.10. The number of benzene rings is 1. The Labute approximate surface area is 121 Å². The molecule has 0 saturated carbocycles. The summed E-state index contributed by atoms with van der Waals surface area (Å²) < 4.78 is 0.736. The Balaban J connectivity index is 2.22. The van der Waals surface area contributed by atoms with Gasteiger partial charge >= 0.3 is 0 Å². The summed E-state index contributed by atoms with van der Waals surface area (Å²) in [6, 6.07) is 5.25. The third-order valence-corrected chi connectivity index (χ3v) is 4.44. The Morgan fingerprint density at radius 2 is 2.05 bits per heavy atom. The van der Waals surface area contributed by atoms with Gasteiger partial charge in [-0.05, 0) is 38.9 Å². The van der Waals surface area contributed by atoms with Crippen molar-refractivity contribution >= 4 is 27.3 Å². The number of hydrogen-bond donors (Lipinski definition) is 1. The molecular weight excluding hydrogens is 310 g/mol. The van der Waals surface area contributed by atoms with Crippen molar-refractivity contribution in [2.45, 2.75) is 25.3 Å². The summed E-state index contributed by atoms with van der Waals surface area (Å²) in [5, 5.41) is 14.5. The number of nitro benzene ring substituents is 1. The highest BCUT2D eigenvalue weighted by atomic mass is 79.9. The normalized spacial score (nSPS) is 18.4. The highest BCUT2D eigenvalue weighted by Gasteiger charge is 2.30. The number of hydrogen-bond acceptors (Lipinski definition) is 4. The molecule has 1 N–H and O–H groups in total. The molecule has 6 heteroatoms. The lowest BCUT2D eigenvalue weighted by atomic mass is 9.89. The van der Waals surface area contributed by atoms with Crippen LogP contribution < -0.4 is 10.2 Å². The number of anilines is 1. The molecule has 0 aromatic heterocycles. The number of halogens is 1. The number of piperidine rings is 1. The molecule has 0 atom stereocenters. The van der Waals surface area contributed by atoms with Gasteiger partial charge in [0.1, 0.15) is 5.69 Å². The molecule has 0 unspecified atom stereocenters. The first-order valence-electron chi connectivity index (χ1n) is 6.33. The van der Waals surface area contributed by atoms with E-state index in [1.807, 2.05) is 19.2 Å². The number of nitrogens with zero attached hydrogens (tertiary/aromatic N) is 2. The molecule has 1 aliphatic rings. The van der Waals surface area contributed by atoms with E-state index in [-0.39, 0.29) is 16.1 Å². The Morgan fingerprint density at radius 1 is 1.42 bits per heavy atom. The Morgan fingerprint density at radius 3 is 2.58 bits per heavy atom. The summed E-state index contributed by atoms with van der Waals surface area (Å²) in [6.07, 6.45) is 1.97. The topological polar surface area (TPSA) is 58.4 Å². The quantitative estimate of drug-likeness (QED) is 0.685. The standard InChI is InChI=1S/C13H18BrN3O2/c1-13(15-2)5-7-16(8-6-13)11-4-3-10(14)9-12(11)17(18)19/h3-4,9,15H,5-8H2,1-2H3. The van der Waals surface area contributed by atoms with Crippen LogP contribution in [0.25, 0.3) is 0 Å². The van der Waals surface area contributed by atoms with Gasteiger partial charge in [-0.15, -0.1) is 0 Å². The van der Waals surface area contributed by atoms with Crippen molar-refractivity contribution in [3.8, 4) is 0 Å². The zero-order valence-corrected chi connectivity index (χ0v) is 12.7. The van der Waals surface area contributed by atoms with Crippen LogP contribution in [-0.4, -0.2) is 30.6 Å². The maximum absolute atomic E-state index is 11.1. The zero-order valence-electron chi connectivity index (χ0n) is 11.1. The second-order valence-corrected chi connectivity index (χ2v) is 6.10. The number of rotatable bonds is 3. The van der Waals surface area contributed by atoms with Crippen molar-refractivity contribution in [1.29, 1.82) is 0 Å². The first-order chi connectivity index (χ1) is 8.95. The van der Waals surface area contributed by atoms with Gasteiger partial charge in [0.2, 0.25) is 0 Å². The maximum atomic E-state index is 11.1. The van der Waals surface area contributed by atoms with Crippen LogP contribution in [0.5, 0.6) is 0 Å². The van der Waals surface area contributed by atoms with Gasteiger partial charge in [-0.3, -0.25) is 10.1 Å². The van der Waals surface area contributed by atoms with E-state index < -0.39 is 0 Å². The molecule has 1 aromatic carbocycles. The SMILES string of the molecule is CNC1(C)CCN(c2ccc(Br)cc2[N+](=O)[O-])CC1. The number of nitro groups is 1. The summed E-state index contributed by atoms with van der Waals surface area (Å²) in [6.45, 7) is 3.86. The van der Waals surface area contributed by atoms with E-state index in [4.69, 9.17) is 0 Å². The van der Waals surface area contributed by atoms with Crippen LogP contribution in [0.4, 0.5) is 11.4 Å². The molecule has 0 spiro atoms. The third kappa shape index (κ3) is 3.06.